The monoisotopic (exact) mass is 413 g/mol. The lowest BCUT2D eigenvalue weighted by Crippen LogP contribution is -2.37. The number of likely N-dealkylation sites (tertiary alicyclic amines) is 1. The van der Waals surface area contributed by atoms with E-state index in [4.69, 9.17) is 14.2 Å². The van der Waals surface area contributed by atoms with Crippen molar-refractivity contribution in [2.75, 3.05) is 26.9 Å². The smallest absolute Gasteiger partial charge is 0.410 e. The molecule has 1 aliphatic heterocycles. The van der Waals surface area contributed by atoms with Crippen LogP contribution in [0.15, 0.2) is 48.5 Å². The van der Waals surface area contributed by atoms with Crippen LogP contribution in [0, 0.1) is 0 Å². The first-order chi connectivity index (χ1) is 14.6. The molecule has 0 bridgehead atoms. The van der Waals surface area contributed by atoms with E-state index in [1.807, 2.05) is 36.4 Å². The van der Waals surface area contributed by atoms with Gasteiger partial charge >= 0.3 is 6.09 Å². The Morgan fingerprint density at radius 1 is 1.17 bits per heavy atom. The first-order valence-electron chi connectivity index (χ1n) is 10.6. The van der Waals surface area contributed by atoms with Gasteiger partial charge in [-0.3, -0.25) is 0 Å². The van der Waals surface area contributed by atoms with E-state index in [0.29, 0.717) is 32.6 Å². The van der Waals surface area contributed by atoms with Gasteiger partial charge < -0.3 is 24.2 Å². The summed E-state index contributed by atoms with van der Waals surface area (Å²) in [7, 11) is 1.66. The molecule has 6 nitrogen and oxygen atoms in total. The van der Waals surface area contributed by atoms with Crippen molar-refractivity contribution in [2.45, 2.75) is 44.8 Å². The van der Waals surface area contributed by atoms with Gasteiger partial charge in [-0.05, 0) is 55.5 Å². The largest absolute Gasteiger partial charge is 0.497 e. The van der Waals surface area contributed by atoms with Crippen molar-refractivity contribution < 1.29 is 24.1 Å². The maximum Gasteiger partial charge on any atom is 0.410 e. The summed E-state index contributed by atoms with van der Waals surface area (Å²) in [6.07, 6.45) is 2.06. The molecule has 0 saturated carbocycles. The second-order valence-corrected chi connectivity index (χ2v) is 7.49. The molecule has 6 heteroatoms. The van der Waals surface area contributed by atoms with Gasteiger partial charge in [0.05, 0.1) is 33.0 Å². The Morgan fingerprint density at radius 2 is 1.97 bits per heavy atom. The number of carbonyl (C=O) groups excluding carboxylic acids is 1. The minimum Gasteiger partial charge on any atom is -0.497 e. The molecule has 0 spiro atoms. The molecule has 0 radical (unpaired) electrons. The summed E-state index contributed by atoms with van der Waals surface area (Å²) < 4.78 is 16.6. The van der Waals surface area contributed by atoms with Crippen LogP contribution in [0.5, 0.6) is 11.5 Å². The molecule has 0 unspecified atom stereocenters. The molecule has 1 fully saturated rings. The van der Waals surface area contributed by atoms with Gasteiger partial charge in [-0.15, -0.1) is 0 Å². The maximum atomic E-state index is 12.1. The maximum absolute atomic E-state index is 12.1. The van der Waals surface area contributed by atoms with E-state index < -0.39 is 6.10 Å². The zero-order valence-electron chi connectivity index (χ0n) is 17.8. The molecule has 1 saturated heterocycles. The molecular weight excluding hydrogens is 382 g/mol. The van der Waals surface area contributed by atoms with Crippen LogP contribution in [-0.4, -0.2) is 55.1 Å². The zero-order valence-corrected chi connectivity index (χ0v) is 17.8. The molecule has 2 atom stereocenters. The standard InChI is InChI=1S/C24H31NO5/c1-3-29-24(27)25-17-21(26)16-20(25)13-14-30-23-12-11-22(28-2)15-19(23)10-9-18-7-5-4-6-8-18/h4-8,11-12,15,20-21,26H,3,9-10,13-14,16-17H2,1-2H3/t20-,21-/m1/s1. The number of benzene rings is 2. The number of rotatable bonds is 9. The van der Waals surface area contributed by atoms with Crippen molar-refractivity contribution in [1.29, 1.82) is 0 Å². The van der Waals surface area contributed by atoms with Crippen molar-refractivity contribution >= 4 is 6.09 Å². The lowest BCUT2D eigenvalue weighted by molar-refractivity contribution is 0.0941. The summed E-state index contributed by atoms with van der Waals surface area (Å²) >= 11 is 0. The van der Waals surface area contributed by atoms with E-state index in [1.165, 1.54) is 5.56 Å². The SMILES string of the molecule is CCOC(=O)N1C[C@H](O)C[C@H]1CCOc1ccc(OC)cc1CCc1ccccc1. The Morgan fingerprint density at radius 3 is 2.70 bits per heavy atom. The predicted octanol–water partition coefficient (Wildman–Crippen LogP) is 3.84. The highest BCUT2D eigenvalue weighted by Crippen LogP contribution is 2.27. The number of aliphatic hydroxyl groups is 1. The quantitative estimate of drug-likeness (QED) is 0.677. The Labute approximate surface area is 178 Å². The average Bonchev–Trinajstić information content (AvgIpc) is 3.14. The molecular formula is C24H31NO5. The van der Waals surface area contributed by atoms with Crippen molar-refractivity contribution in [3.05, 3.63) is 59.7 Å². The lowest BCUT2D eigenvalue weighted by Gasteiger charge is -2.23. The molecule has 1 aliphatic rings. The molecule has 3 rings (SSSR count). The number of methoxy groups -OCH3 is 1. The molecule has 2 aromatic rings. The summed E-state index contributed by atoms with van der Waals surface area (Å²) in [5.41, 5.74) is 2.36. The van der Waals surface area contributed by atoms with Gasteiger partial charge in [0.25, 0.3) is 0 Å². The molecule has 2 aromatic carbocycles. The Kier molecular flexibility index (Phi) is 7.97. The molecule has 30 heavy (non-hydrogen) atoms. The first kappa shape index (κ1) is 22.0. The van der Waals surface area contributed by atoms with Crippen LogP contribution in [0.25, 0.3) is 0 Å². The highest BCUT2D eigenvalue weighted by Gasteiger charge is 2.35. The number of aryl methyl sites for hydroxylation is 2. The minimum atomic E-state index is -0.512. The van der Waals surface area contributed by atoms with Gasteiger partial charge in [0.2, 0.25) is 0 Å². The van der Waals surface area contributed by atoms with Crippen LogP contribution in [-0.2, 0) is 17.6 Å². The fraction of sp³-hybridized carbons (Fsp3) is 0.458. The average molecular weight is 414 g/mol. The van der Waals surface area contributed by atoms with Crippen molar-refractivity contribution in [3.63, 3.8) is 0 Å². The van der Waals surface area contributed by atoms with Crippen LogP contribution < -0.4 is 9.47 Å². The minimum absolute atomic E-state index is 0.0786. The second kappa shape index (κ2) is 10.9. The Bertz CT molecular complexity index is 810. The van der Waals surface area contributed by atoms with Crippen molar-refractivity contribution in [2.24, 2.45) is 0 Å². The van der Waals surface area contributed by atoms with Crippen molar-refractivity contribution in [3.8, 4) is 11.5 Å². The zero-order chi connectivity index (χ0) is 21.3. The number of hydrogen-bond acceptors (Lipinski definition) is 5. The van der Waals surface area contributed by atoms with Crippen LogP contribution >= 0.6 is 0 Å². The van der Waals surface area contributed by atoms with Crippen LogP contribution in [0.4, 0.5) is 4.79 Å². The number of hydrogen-bond donors (Lipinski definition) is 1. The summed E-state index contributed by atoms with van der Waals surface area (Å²) in [6, 6.07) is 16.1. The number of β-amino-alcohol motifs (C(OH)–C–C–N with tert-alkyl or cyclic N) is 1. The second-order valence-electron chi connectivity index (χ2n) is 7.49. The van der Waals surface area contributed by atoms with Gasteiger partial charge in [0.1, 0.15) is 11.5 Å². The van der Waals surface area contributed by atoms with Gasteiger partial charge in [-0.2, -0.15) is 0 Å². The fourth-order valence-electron chi connectivity index (χ4n) is 3.84. The third-order valence-corrected chi connectivity index (χ3v) is 5.40. The fourth-order valence-corrected chi connectivity index (χ4v) is 3.84. The third kappa shape index (κ3) is 5.89. The topological polar surface area (TPSA) is 68.2 Å². The van der Waals surface area contributed by atoms with E-state index in [-0.39, 0.29) is 12.1 Å². The summed E-state index contributed by atoms with van der Waals surface area (Å²) in [5, 5.41) is 9.98. The molecule has 1 heterocycles. The van der Waals surface area contributed by atoms with Gasteiger partial charge in [0, 0.05) is 12.5 Å². The summed E-state index contributed by atoms with van der Waals surface area (Å²) in [4.78, 5) is 13.7. The van der Waals surface area contributed by atoms with Gasteiger partial charge in [0.15, 0.2) is 0 Å². The van der Waals surface area contributed by atoms with Crippen LogP contribution in [0.3, 0.4) is 0 Å². The third-order valence-electron chi connectivity index (χ3n) is 5.40. The van der Waals surface area contributed by atoms with E-state index in [2.05, 4.69) is 12.1 Å². The number of ether oxygens (including phenoxy) is 3. The number of carbonyl (C=O) groups is 1. The highest BCUT2D eigenvalue weighted by atomic mass is 16.6. The summed E-state index contributed by atoms with van der Waals surface area (Å²) in [5.74, 6) is 1.63. The molecule has 1 N–H and O–H groups in total. The van der Waals surface area contributed by atoms with Gasteiger partial charge in [-0.25, -0.2) is 4.79 Å². The molecule has 0 aromatic heterocycles. The number of amides is 1. The Balaban J connectivity index is 1.60. The predicted molar refractivity (Wildman–Crippen MR) is 115 cm³/mol. The summed E-state index contributed by atoms with van der Waals surface area (Å²) in [6.45, 7) is 2.88. The molecule has 0 aliphatic carbocycles. The van der Waals surface area contributed by atoms with E-state index in [0.717, 1.165) is 29.9 Å². The molecule has 1 amide bonds. The normalized spacial score (nSPS) is 18.3. The highest BCUT2D eigenvalue weighted by molar-refractivity contribution is 5.68. The van der Waals surface area contributed by atoms with Gasteiger partial charge in [-0.1, -0.05) is 30.3 Å². The lowest BCUT2D eigenvalue weighted by atomic mass is 10.0. The van der Waals surface area contributed by atoms with E-state index in [9.17, 15) is 9.90 Å². The first-order valence-corrected chi connectivity index (χ1v) is 10.6. The number of nitrogens with zero attached hydrogens (tertiary/aromatic N) is 1. The number of aliphatic hydroxyl groups excluding tert-OH is 1. The van der Waals surface area contributed by atoms with Crippen LogP contribution in [0.2, 0.25) is 0 Å². The van der Waals surface area contributed by atoms with E-state index >= 15 is 0 Å². The molecule has 162 valence electrons. The Hall–Kier alpha value is -2.73. The van der Waals surface area contributed by atoms with Crippen molar-refractivity contribution in [1.82, 2.24) is 4.90 Å². The van der Waals surface area contributed by atoms with E-state index in [1.54, 1.807) is 18.9 Å². The van der Waals surface area contributed by atoms with Crippen LogP contribution in [0.1, 0.15) is 30.9 Å².